The van der Waals surface area contributed by atoms with Crippen molar-refractivity contribution in [1.82, 2.24) is 14.5 Å². The smallest absolute Gasteiger partial charge is 0.251 e. The van der Waals surface area contributed by atoms with Gasteiger partial charge in [0, 0.05) is 59.7 Å². The van der Waals surface area contributed by atoms with Gasteiger partial charge in [-0.15, -0.1) is 0 Å². The number of aromatic amines is 1. The quantitative estimate of drug-likeness (QED) is 0.543. The molecule has 4 aromatic rings. The Hall–Kier alpha value is -2.85. The van der Waals surface area contributed by atoms with Crippen molar-refractivity contribution < 1.29 is 0 Å². The third-order valence-electron chi connectivity index (χ3n) is 7.20. The van der Waals surface area contributed by atoms with Crippen LogP contribution < -0.4 is 5.56 Å². The molecule has 30 heavy (non-hydrogen) atoms. The van der Waals surface area contributed by atoms with E-state index in [0.29, 0.717) is 0 Å². The molecule has 1 N–H and O–H groups in total. The lowest BCUT2D eigenvalue weighted by Crippen LogP contribution is -2.30. The number of nitrogens with one attached hydrogen (secondary N) is 1. The molecule has 0 saturated carbocycles. The Morgan fingerprint density at radius 1 is 0.933 bits per heavy atom. The van der Waals surface area contributed by atoms with Gasteiger partial charge in [-0.1, -0.05) is 24.3 Å². The first-order chi connectivity index (χ1) is 14.7. The van der Waals surface area contributed by atoms with Gasteiger partial charge in [0.1, 0.15) is 0 Å². The summed E-state index contributed by atoms with van der Waals surface area (Å²) in [5.41, 5.74) is 9.05. The zero-order valence-corrected chi connectivity index (χ0v) is 17.5. The molecular weight excluding hydrogens is 370 g/mol. The van der Waals surface area contributed by atoms with Crippen molar-refractivity contribution in [2.45, 2.75) is 45.2 Å². The summed E-state index contributed by atoms with van der Waals surface area (Å²) in [4.78, 5) is 18.1. The normalized spacial score (nSPS) is 16.7. The Morgan fingerprint density at radius 3 is 2.67 bits per heavy atom. The molecule has 1 aliphatic carbocycles. The number of hydrogen-bond donors (Lipinski definition) is 1. The Kier molecular flexibility index (Phi) is 4.10. The molecule has 0 radical (unpaired) electrons. The predicted molar refractivity (Wildman–Crippen MR) is 122 cm³/mol. The van der Waals surface area contributed by atoms with Crippen LogP contribution in [0.5, 0.6) is 0 Å². The first-order valence-electron chi connectivity index (χ1n) is 11.1. The molecule has 0 amide bonds. The molecule has 2 aromatic heterocycles. The largest absolute Gasteiger partial charge is 0.346 e. The van der Waals surface area contributed by atoms with E-state index in [1.165, 1.54) is 45.1 Å². The van der Waals surface area contributed by atoms with Crippen molar-refractivity contribution in [3.8, 4) is 0 Å². The minimum Gasteiger partial charge on any atom is -0.346 e. The van der Waals surface area contributed by atoms with Crippen LogP contribution in [0.4, 0.5) is 0 Å². The number of pyridine rings is 1. The number of nitrogens with zero attached hydrogens (tertiary/aromatic N) is 2. The number of H-pyrrole nitrogens is 1. The fraction of sp³-hybridized carbons (Fsp3) is 0.346. The van der Waals surface area contributed by atoms with Crippen molar-refractivity contribution in [1.29, 1.82) is 0 Å². The molecule has 0 saturated heterocycles. The second-order valence-corrected chi connectivity index (χ2v) is 8.96. The summed E-state index contributed by atoms with van der Waals surface area (Å²) in [5.74, 6) is 0. The van der Waals surface area contributed by atoms with Gasteiger partial charge in [0.2, 0.25) is 0 Å². The molecule has 0 bridgehead atoms. The van der Waals surface area contributed by atoms with Crippen molar-refractivity contribution in [3.05, 3.63) is 80.8 Å². The second kappa shape index (κ2) is 6.85. The predicted octanol–water partition coefficient (Wildman–Crippen LogP) is 4.46. The Labute approximate surface area is 176 Å². The molecule has 0 fully saturated rings. The topological polar surface area (TPSA) is 41.0 Å². The zero-order chi connectivity index (χ0) is 20.2. The summed E-state index contributed by atoms with van der Waals surface area (Å²) in [5, 5.41) is 2.67. The Bertz CT molecular complexity index is 1340. The lowest BCUT2D eigenvalue weighted by molar-refractivity contribution is 0.240. The van der Waals surface area contributed by atoms with Crippen molar-refractivity contribution in [3.63, 3.8) is 0 Å². The second-order valence-electron chi connectivity index (χ2n) is 8.96. The average molecular weight is 398 g/mol. The molecule has 1 aliphatic heterocycles. The van der Waals surface area contributed by atoms with E-state index < -0.39 is 0 Å². The number of aromatic nitrogens is 2. The zero-order valence-electron chi connectivity index (χ0n) is 17.5. The van der Waals surface area contributed by atoms with Crippen LogP contribution >= 0.6 is 0 Å². The van der Waals surface area contributed by atoms with E-state index in [2.05, 4.69) is 64.0 Å². The van der Waals surface area contributed by atoms with Crippen LogP contribution in [-0.4, -0.2) is 21.0 Å². The molecule has 0 unspecified atom stereocenters. The number of rotatable bonds is 2. The number of fused-ring (bicyclic) bond motifs is 6. The summed E-state index contributed by atoms with van der Waals surface area (Å²) >= 11 is 0. The maximum Gasteiger partial charge on any atom is 0.251 e. The molecule has 0 atom stereocenters. The van der Waals surface area contributed by atoms with Crippen LogP contribution in [0.25, 0.3) is 21.8 Å². The Balaban J connectivity index is 1.34. The lowest BCUT2D eigenvalue weighted by Gasteiger charge is -2.28. The minimum absolute atomic E-state index is 0.115. The third-order valence-corrected chi connectivity index (χ3v) is 7.20. The van der Waals surface area contributed by atoms with Gasteiger partial charge >= 0.3 is 0 Å². The van der Waals surface area contributed by atoms with Crippen LogP contribution in [0.1, 0.15) is 40.8 Å². The van der Waals surface area contributed by atoms with Gasteiger partial charge < -0.3 is 9.55 Å². The highest BCUT2D eigenvalue weighted by molar-refractivity contribution is 5.86. The lowest BCUT2D eigenvalue weighted by atomic mass is 9.89. The van der Waals surface area contributed by atoms with Gasteiger partial charge in [0.25, 0.3) is 5.56 Å². The molecule has 2 aliphatic rings. The van der Waals surface area contributed by atoms with Crippen LogP contribution in [0.3, 0.4) is 0 Å². The molecule has 4 heteroatoms. The summed E-state index contributed by atoms with van der Waals surface area (Å²) < 4.78 is 2.37. The van der Waals surface area contributed by atoms with Crippen LogP contribution in [0, 0.1) is 0 Å². The molecule has 6 rings (SSSR count). The van der Waals surface area contributed by atoms with Gasteiger partial charge in [-0.2, -0.15) is 0 Å². The average Bonchev–Trinajstić information content (AvgIpc) is 3.06. The van der Waals surface area contributed by atoms with Crippen molar-refractivity contribution >= 4 is 21.8 Å². The Morgan fingerprint density at radius 2 is 1.77 bits per heavy atom. The minimum atomic E-state index is 0.115. The maximum atomic E-state index is 12.4. The molecule has 4 nitrogen and oxygen atoms in total. The number of para-hydroxylation sites is 1. The number of hydrogen-bond acceptors (Lipinski definition) is 2. The van der Waals surface area contributed by atoms with Crippen LogP contribution in [0.2, 0.25) is 0 Å². The maximum absolute atomic E-state index is 12.4. The van der Waals surface area contributed by atoms with E-state index in [0.717, 1.165) is 56.4 Å². The molecule has 2 aromatic carbocycles. The van der Waals surface area contributed by atoms with Crippen LogP contribution in [-0.2, 0) is 39.4 Å². The van der Waals surface area contributed by atoms with Gasteiger partial charge in [-0.25, -0.2) is 0 Å². The van der Waals surface area contributed by atoms with Gasteiger partial charge in [0.05, 0.1) is 0 Å². The highest BCUT2D eigenvalue weighted by Gasteiger charge is 2.23. The molecule has 3 heterocycles. The van der Waals surface area contributed by atoms with E-state index in [4.69, 9.17) is 0 Å². The van der Waals surface area contributed by atoms with Crippen molar-refractivity contribution in [2.24, 2.45) is 7.05 Å². The van der Waals surface area contributed by atoms with Crippen LogP contribution in [0.15, 0.2) is 47.3 Å². The van der Waals surface area contributed by atoms with Gasteiger partial charge in [-0.3, -0.25) is 9.69 Å². The fourth-order valence-corrected chi connectivity index (χ4v) is 5.66. The number of benzene rings is 2. The molecule has 152 valence electrons. The molecular formula is C26H27N3O. The fourth-order valence-electron chi connectivity index (χ4n) is 5.66. The van der Waals surface area contributed by atoms with Gasteiger partial charge in [-0.05, 0) is 67.0 Å². The van der Waals surface area contributed by atoms with E-state index in [9.17, 15) is 4.79 Å². The van der Waals surface area contributed by atoms with E-state index in [1.807, 2.05) is 0 Å². The first-order valence-corrected chi connectivity index (χ1v) is 11.1. The SMILES string of the molecule is Cn1c2c(c3ccccc31)CCN(Cc1ccc3[nH]c(=O)c4c(c3c1)CCCC4)C2. The van der Waals surface area contributed by atoms with Gasteiger partial charge in [0.15, 0.2) is 0 Å². The highest BCUT2D eigenvalue weighted by Crippen LogP contribution is 2.31. The monoisotopic (exact) mass is 397 g/mol. The molecule has 0 spiro atoms. The summed E-state index contributed by atoms with van der Waals surface area (Å²) in [6, 6.07) is 15.4. The highest BCUT2D eigenvalue weighted by atomic mass is 16.1. The third kappa shape index (κ3) is 2.74. The summed E-state index contributed by atoms with van der Waals surface area (Å²) in [6.45, 7) is 3.02. The summed E-state index contributed by atoms with van der Waals surface area (Å²) in [6.07, 6.45) is 5.37. The van der Waals surface area contributed by atoms with E-state index in [-0.39, 0.29) is 5.56 Å². The first kappa shape index (κ1) is 18.0. The van der Waals surface area contributed by atoms with E-state index >= 15 is 0 Å². The van der Waals surface area contributed by atoms with Crippen molar-refractivity contribution in [2.75, 3.05) is 6.54 Å². The standard InChI is InChI=1S/C26H27N3O/c1-28-24-9-5-4-7-19(24)20-12-13-29(16-25(20)28)15-17-10-11-23-22(14-17)18-6-2-3-8-21(18)26(30)27-23/h4-5,7,9-11,14H,2-3,6,8,12-13,15-16H2,1H3,(H,27,30). The van der Waals surface area contributed by atoms with E-state index in [1.54, 1.807) is 0 Å². The summed E-state index contributed by atoms with van der Waals surface area (Å²) in [7, 11) is 2.20. The number of aryl methyl sites for hydroxylation is 2.